The van der Waals surface area contributed by atoms with Gasteiger partial charge in [0.15, 0.2) is 5.13 Å². The van der Waals surface area contributed by atoms with Gasteiger partial charge in [-0.15, -0.1) is 11.3 Å². The Balaban J connectivity index is 2.23. The molecule has 0 atom stereocenters. The number of rotatable bonds is 4. The molecule has 5 nitrogen and oxygen atoms in total. The van der Waals surface area contributed by atoms with E-state index in [0.717, 1.165) is 17.0 Å². The van der Waals surface area contributed by atoms with Crippen molar-refractivity contribution in [1.29, 1.82) is 0 Å². The van der Waals surface area contributed by atoms with E-state index in [1.807, 2.05) is 29.6 Å². The molecule has 0 radical (unpaired) electrons. The van der Waals surface area contributed by atoms with E-state index in [-0.39, 0.29) is 5.91 Å². The Bertz CT molecular complexity index is 617. The summed E-state index contributed by atoms with van der Waals surface area (Å²) in [5.41, 5.74) is 6.45. The van der Waals surface area contributed by atoms with Crippen molar-refractivity contribution in [2.24, 2.45) is 5.73 Å². The Morgan fingerprint density at radius 2 is 2.10 bits per heavy atom. The van der Waals surface area contributed by atoms with Crippen LogP contribution in [-0.2, 0) is 4.79 Å². The molecule has 0 spiro atoms. The molecule has 1 aromatic heterocycles. The summed E-state index contributed by atoms with van der Waals surface area (Å²) >= 11 is 1.35. The molecule has 0 fully saturated rings. The first-order valence-corrected chi connectivity index (χ1v) is 6.99. The van der Waals surface area contributed by atoms with Crippen LogP contribution >= 0.6 is 11.3 Å². The third-order valence-electron chi connectivity index (χ3n) is 2.69. The molecule has 2 aromatic rings. The van der Waals surface area contributed by atoms with E-state index < -0.39 is 5.54 Å². The number of nitrogens with one attached hydrogen (secondary N) is 1. The Kier molecular flexibility index (Phi) is 4.06. The molecule has 0 saturated heterocycles. The number of anilines is 1. The number of hydrogen-bond donors (Lipinski definition) is 2. The van der Waals surface area contributed by atoms with Gasteiger partial charge in [-0.05, 0) is 26.0 Å². The number of hydrogen-bond acceptors (Lipinski definition) is 5. The van der Waals surface area contributed by atoms with E-state index in [0.29, 0.717) is 5.13 Å². The number of amides is 1. The highest BCUT2D eigenvalue weighted by atomic mass is 32.1. The number of para-hydroxylation sites is 1. The second-order valence-electron chi connectivity index (χ2n) is 4.91. The van der Waals surface area contributed by atoms with Gasteiger partial charge >= 0.3 is 0 Å². The zero-order valence-corrected chi connectivity index (χ0v) is 12.5. The topological polar surface area (TPSA) is 77.2 Å². The summed E-state index contributed by atoms with van der Waals surface area (Å²) in [4.78, 5) is 16.2. The van der Waals surface area contributed by atoms with Gasteiger partial charge in [-0.3, -0.25) is 4.79 Å². The van der Waals surface area contributed by atoms with E-state index in [4.69, 9.17) is 10.5 Å². The van der Waals surface area contributed by atoms with Gasteiger partial charge in [-0.25, -0.2) is 4.98 Å². The lowest BCUT2D eigenvalue weighted by atomic mass is 10.1. The molecule has 0 bridgehead atoms. The van der Waals surface area contributed by atoms with E-state index in [2.05, 4.69) is 10.3 Å². The molecule has 0 aliphatic heterocycles. The van der Waals surface area contributed by atoms with E-state index in [1.165, 1.54) is 11.3 Å². The fourth-order valence-electron chi connectivity index (χ4n) is 1.57. The lowest BCUT2D eigenvalue weighted by molar-refractivity contribution is -0.120. The second-order valence-corrected chi connectivity index (χ2v) is 5.77. The molecule has 1 amide bonds. The van der Waals surface area contributed by atoms with E-state index >= 15 is 0 Å². The molecule has 1 aromatic carbocycles. The predicted octanol–water partition coefficient (Wildman–Crippen LogP) is 2.49. The summed E-state index contributed by atoms with van der Waals surface area (Å²) in [5.74, 6) is 0.480. The Morgan fingerprint density at radius 1 is 1.40 bits per heavy atom. The van der Waals surface area contributed by atoms with Crippen molar-refractivity contribution in [3.63, 3.8) is 0 Å². The number of benzene rings is 1. The molecule has 0 aliphatic rings. The third-order valence-corrected chi connectivity index (χ3v) is 3.45. The second kappa shape index (κ2) is 5.60. The minimum atomic E-state index is -0.934. The van der Waals surface area contributed by atoms with Gasteiger partial charge in [0, 0.05) is 10.9 Å². The van der Waals surface area contributed by atoms with E-state index in [1.54, 1.807) is 21.0 Å². The summed E-state index contributed by atoms with van der Waals surface area (Å²) in [5, 5.41) is 5.11. The molecule has 106 valence electrons. The maximum Gasteiger partial charge on any atom is 0.245 e. The Hall–Kier alpha value is -1.92. The van der Waals surface area contributed by atoms with Crippen LogP contribution in [0, 0.1) is 0 Å². The quantitative estimate of drug-likeness (QED) is 0.907. The molecule has 1 heterocycles. The summed E-state index contributed by atoms with van der Waals surface area (Å²) in [6, 6.07) is 7.61. The number of aromatic nitrogens is 1. The Morgan fingerprint density at radius 3 is 2.75 bits per heavy atom. The van der Waals surface area contributed by atoms with Crippen molar-refractivity contribution in [1.82, 2.24) is 4.98 Å². The molecular weight excluding hydrogens is 274 g/mol. The molecule has 20 heavy (non-hydrogen) atoms. The monoisotopic (exact) mass is 291 g/mol. The number of carbonyl (C=O) groups is 1. The van der Waals surface area contributed by atoms with Crippen LogP contribution in [0.25, 0.3) is 11.3 Å². The maximum absolute atomic E-state index is 11.8. The van der Waals surface area contributed by atoms with Crippen molar-refractivity contribution in [2.75, 3.05) is 12.4 Å². The summed E-state index contributed by atoms with van der Waals surface area (Å²) < 4.78 is 5.30. The number of methoxy groups -OCH3 is 1. The van der Waals surface area contributed by atoms with Crippen LogP contribution in [0.3, 0.4) is 0 Å². The van der Waals surface area contributed by atoms with Gasteiger partial charge in [0.25, 0.3) is 0 Å². The van der Waals surface area contributed by atoms with Gasteiger partial charge in [-0.2, -0.15) is 0 Å². The number of ether oxygens (including phenoxy) is 1. The van der Waals surface area contributed by atoms with Crippen molar-refractivity contribution < 1.29 is 9.53 Å². The van der Waals surface area contributed by atoms with Crippen molar-refractivity contribution in [2.45, 2.75) is 19.4 Å². The zero-order chi connectivity index (χ0) is 14.8. The van der Waals surface area contributed by atoms with Gasteiger partial charge in [0.1, 0.15) is 5.75 Å². The minimum Gasteiger partial charge on any atom is -0.496 e. The lowest BCUT2D eigenvalue weighted by Gasteiger charge is -2.16. The molecule has 0 unspecified atom stereocenters. The predicted molar refractivity (Wildman–Crippen MR) is 81.0 cm³/mol. The fourth-order valence-corrected chi connectivity index (χ4v) is 2.27. The van der Waals surface area contributed by atoms with Crippen LogP contribution in [0.2, 0.25) is 0 Å². The van der Waals surface area contributed by atoms with Gasteiger partial charge in [0.05, 0.1) is 18.3 Å². The van der Waals surface area contributed by atoms with E-state index in [9.17, 15) is 4.79 Å². The highest BCUT2D eigenvalue weighted by Crippen LogP contribution is 2.31. The molecular formula is C14H17N3O2S. The highest BCUT2D eigenvalue weighted by molar-refractivity contribution is 7.14. The van der Waals surface area contributed by atoms with Crippen molar-refractivity contribution in [3.05, 3.63) is 29.6 Å². The first kappa shape index (κ1) is 14.5. The van der Waals surface area contributed by atoms with Crippen LogP contribution in [0.4, 0.5) is 5.13 Å². The first-order valence-electron chi connectivity index (χ1n) is 6.11. The van der Waals surface area contributed by atoms with Crippen molar-refractivity contribution >= 4 is 22.4 Å². The normalized spacial score (nSPS) is 11.2. The molecule has 0 aliphatic carbocycles. The molecule has 6 heteroatoms. The average Bonchev–Trinajstić information content (AvgIpc) is 2.86. The molecule has 3 N–H and O–H groups in total. The van der Waals surface area contributed by atoms with Crippen LogP contribution in [-0.4, -0.2) is 23.5 Å². The molecule has 2 rings (SSSR count). The lowest BCUT2D eigenvalue weighted by Crippen LogP contribution is -2.45. The Labute approximate surface area is 121 Å². The van der Waals surface area contributed by atoms with Crippen LogP contribution in [0.1, 0.15) is 13.8 Å². The van der Waals surface area contributed by atoms with Gasteiger partial charge < -0.3 is 15.8 Å². The third kappa shape index (κ3) is 3.15. The SMILES string of the molecule is COc1ccccc1-c1csc(NC(=O)C(C)(C)N)n1. The number of nitrogens with two attached hydrogens (primary N) is 1. The summed E-state index contributed by atoms with van der Waals surface area (Å²) in [6.45, 7) is 3.30. The minimum absolute atomic E-state index is 0.265. The highest BCUT2D eigenvalue weighted by Gasteiger charge is 2.23. The summed E-state index contributed by atoms with van der Waals surface area (Å²) in [7, 11) is 1.62. The zero-order valence-electron chi connectivity index (χ0n) is 11.6. The summed E-state index contributed by atoms with van der Waals surface area (Å²) in [6.07, 6.45) is 0. The van der Waals surface area contributed by atoms with Crippen LogP contribution in [0.15, 0.2) is 29.6 Å². The maximum atomic E-state index is 11.8. The standard InChI is InChI=1S/C14H17N3O2S/c1-14(2,15)12(18)17-13-16-10(8-20-13)9-6-4-5-7-11(9)19-3/h4-8H,15H2,1-3H3,(H,16,17,18). The van der Waals surface area contributed by atoms with Crippen LogP contribution in [0.5, 0.6) is 5.75 Å². The smallest absolute Gasteiger partial charge is 0.245 e. The number of thiazole rings is 1. The first-order chi connectivity index (χ1) is 9.41. The van der Waals surface area contributed by atoms with Crippen LogP contribution < -0.4 is 15.8 Å². The van der Waals surface area contributed by atoms with Gasteiger partial charge in [-0.1, -0.05) is 12.1 Å². The van der Waals surface area contributed by atoms with Gasteiger partial charge in [0.2, 0.25) is 5.91 Å². The molecule has 0 saturated carbocycles. The average molecular weight is 291 g/mol. The fraction of sp³-hybridized carbons (Fsp3) is 0.286. The van der Waals surface area contributed by atoms with Crippen molar-refractivity contribution in [3.8, 4) is 17.0 Å². The number of carbonyl (C=O) groups excluding carboxylic acids is 1. The number of nitrogens with zero attached hydrogens (tertiary/aromatic N) is 1. The largest absolute Gasteiger partial charge is 0.496 e.